The van der Waals surface area contributed by atoms with Gasteiger partial charge in [-0.15, -0.1) is 0 Å². The van der Waals surface area contributed by atoms with Gasteiger partial charge in [-0.1, -0.05) is 24.3 Å². The van der Waals surface area contributed by atoms with Gasteiger partial charge in [-0.25, -0.2) is 4.98 Å². The summed E-state index contributed by atoms with van der Waals surface area (Å²) in [5.41, 5.74) is 10.8. The van der Waals surface area contributed by atoms with E-state index in [2.05, 4.69) is 20.9 Å². The van der Waals surface area contributed by atoms with Gasteiger partial charge in [-0.2, -0.15) is 0 Å². The predicted octanol–water partition coefficient (Wildman–Crippen LogP) is 2.96. The zero-order valence-corrected chi connectivity index (χ0v) is 15.8. The van der Waals surface area contributed by atoms with E-state index in [1.54, 1.807) is 13.3 Å². The van der Waals surface area contributed by atoms with Crippen molar-refractivity contribution >= 4 is 5.65 Å². The number of fused-ring (bicyclic) bond motifs is 1. The molecule has 1 atom stereocenters. The summed E-state index contributed by atoms with van der Waals surface area (Å²) in [4.78, 5) is 11.3. The number of allylic oxidation sites excluding steroid dienone is 2. The molecule has 0 amide bonds. The maximum Gasteiger partial charge on any atom is 0.161 e. The molecule has 0 saturated heterocycles. The second-order valence-corrected chi connectivity index (χ2v) is 6.97. The summed E-state index contributed by atoms with van der Waals surface area (Å²) in [6, 6.07) is 7.93. The fraction of sp³-hybridized carbons (Fsp3) is 0.238. The number of rotatable bonds is 4. The summed E-state index contributed by atoms with van der Waals surface area (Å²) in [5, 5.41) is 0. The molecule has 6 heteroatoms. The summed E-state index contributed by atoms with van der Waals surface area (Å²) in [6.45, 7) is 0. The van der Waals surface area contributed by atoms with Crippen molar-refractivity contribution in [1.29, 1.82) is 0 Å². The van der Waals surface area contributed by atoms with Crippen LogP contribution >= 0.6 is 0 Å². The van der Waals surface area contributed by atoms with Gasteiger partial charge in [0.15, 0.2) is 5.65 Å². The second-order valence-electron chi connectivity index (χ2n) is 6.97. The van der Waals surface area contributed by atoms with Crippen LogP contribution in [0.5, 0.6) is 5.75 Å². The first-order valence-electron chi connectivity index (χ1n) is 8.83. The Morgan fingerprint density at radius 3 is 2.89 bits per heavy atom. The van der Waals surface area contributed by atoms with Gasteiger partial charge in [0.2, 0.25) is 0 Å². The van der Waals surface area contributed by atoms with E-state index >= 15 is 0 Å². The molecule has 0 saturated carbocycles. The van der Waals surface area contributed by atoms with E-state index in [-0.39, 0.29) is 0 Å². The maximum atomic E-state index is 6.78. The number of imidazole rings is 1. The minimum Gasteiger partial charge on any atom is -0.497 e. The van der Waals surface area contributed by atoms with Crippen molar-refractivity contribution in [2.45, 2.75) is 12.0 Å². The molecule has 0 aliphatic heterocycles. The number of aromatic nitrogens is 3. The Morgan fingerprint density at radius 2 is 2.11 bits per heavy atom. The highest BCUT2D eigenvalue weighted by Gasteiger charge is 2.32. The van der Waals surface area contributed by atoms with E-state index in [0.29, 0.717) is 6.42 Å². The summed E-state index contributed by atoms with van der Waals surface area (Å²) in [7, 11) is 5.71. The van der Waals surface area contributed by atoms with Gasteiger partial charge in [0.25, 0.3) is 0 Å². The van der Waals surface area contributed by atoms with E-state index in [1.165, 1.54) is 0 Å². The molecule has 2 aromatic heterocycles. The van der Waals surface area contributed by atoms with Crippen molar-refractivity contribution in [3.05, 3.63) is 72.5 Å². The smallest absolute Gasteiger partial charge is 0.161 e. The van der Waals surface area contributed by atoms with Gasteiger partial charge >= 0.3 is 0 Å². The van der Waals surface area contributed by atoms with E-state index in [1.807, 2.05) is 67.3 Å². The average Bonchev–Trinajstić information content (AvgIpc) is 3.12. The first-order chi connectivity index (χ1) is 13.0. The number of hydrogen-bond donors (Lipinski definition) is 1. The molecule has 1 aromatic carbocycles. The lowest BCUT2D eigenvalue weighted by molar-refractivity contribution is 0.415. The fourth-order valence-corrected chi connectivity index (χ4v) is 3.46. The summed E-state index contributed by atoms with van der Waals surface area (Å²) < 4.78 is 7.39. The van der Waals surface area contributed by atoms with E-state index in [9.17, 15) is 0 Å². The topological polar surface area (TPSA) is 68.7 Å². The zero-order chi connectivity index (χ0) is 19.0. The Bertz CT molecular complexity index is 1050. The molecule has 1 aliphatic carbocycles. The van der Waals surface area contributed by atoms with Gasteiger partial charge in [0.05, 0.1) is 24.5 Å². The third-order valence-corrected chi connectivity index (χ3v) is 4.96. The lowest BCUT2D eigenvalue weighted by Crippen LogP contribution is -2.39. The highest BCUT2D eigenvalue weighted by molar-refractivity contribution is 5.67. The molecule has 2 N–H and O–H groups in total. The van der Waals surface area contributed by atoms with Gasteiger partial charge < -0.3 is 15.4 Å². The standard InChI is InChI=1S/C21H23N5O/c1-25(2)16-7-5-9-21(22,13-16)19-20-24-14-18(26(20)11-10-23-19)15-6-4-8-17(12-15)27-3/h4-12,14H,13,22H2,1-3H3. The van der Waals surface area contributed by atoms with Crippen molar-refractivity contribution in [3.63, 3.8) is 0 Å². The van der Waals surface area contributed by atoms with Crippen molar-refractivity contribution in [1.82, 2.24) is 19.3 Å². The molecule has 1 aliphatic rings. The summed E-state index contributed by atoms with van der Waals surface area (Å²) >= 11 is 0. The SMILES string of the molecule is COc1cccc(-c2cnc3c(C4(N)C=CC=C(N(C)C)C4)nccn23)c1. The third kappa shape index (κ3) is 2.98. The van der Waals surface area contributed by atoms with E-state index in [0.717, 1.165) is 34.0 Å². The van der Waals surface area contributed by atoms with E-state index < -0.39 is 5.54 Å². The molecule has 138 valence electrons. The van der Waals surface area contributed by atoms with Crippen LogP contribution in [0.1, 0.15) is 12.1 Å². The lowest BCUT2D eigenvalue weighted by Gasteiger charge is -2.32. The average molecular weight is 361 g/mol. The highest BCUT2D eigenvalue weighted by Crippen LogP contribution is 2.33. The molecule has 1 unspecified atom stereocenters. The van der Waals surface area contributed by atoms with Crippen LogP contribution in [0.25, 0.3) is 16.9 Å². The summed E-state index contributed by atoms with van der Waals surface area (Å²) in [5.74, 6) is 0.808. The largest absolute Gasteiger partial charge is 0.497 e. The minimum absolute atomic E-state index is 0.671. The van der Waals surface area contributed by atoms with Crippen LogP contribution in [0.2, 0.25) is 0 Å². The van der Waals surface area contributed by atoms with Gasteiger partial charge in [-0.3, -0.25) is 9.38 Å². The predicted molar refractivity (Wildman–Crippen MR) is 106 cm³/mol. The third-order valence-electron chi connectivity index (χ3n) is 4.96. The molecule has 0 spiro atoms. The quantitative estimate of drug-likeness (QED) is 0.774. The Kier molecular flexibility index (Phi) is 4.20. The number of nitrogens with two attached hydrogens (primary N) is 1. The normalized spacial score (nSPS) is 19.2. The van der Waals surface area contributed by atoms with Gasteiger partial charge in [0, 0.05) is 44.2 Å². The lowest BCUT2D eigenvalue weighted by atomic mass is 9.86. The van der Waals surface area contributed by atoms with Crippen molar-refractivity contribution in [3.8, 4) is 17.0 Å². The van der Waals surface area contributed by atoms with Crippen LogP contribution in [-0.4, -0.2) is 40.5 Å². The Balaban J connectivity index is 1.82. The van der Waals surface area contributed by atoms with Gasteiger partial charge in [-0.05, 0) is 18.2 Å². The minimum atomic E-state index is -0.701. The van der Waals surface area contributed by atoms with Crippen LogP contribution in [-0.2, 0) is 5.54 Å². The molecule has 3 aromatic rings. The van der Waals surface area contributed by atoms with Crippen LogP contribution in [0.4, 0.5) is 0 Å². The first-order valence-corrected chi connectivity index (χ1v) is 8.83. The molecule has 0 radical (unpaired) electrons. The number of ether oxygens (including phenoxy) is 1. The number of nitrogens with zero attached hydrogens (tertiary/aromatic N) is 4. The highest BCUT2D eigenvalue weighted by atomic mass is 16.5. The van der Waals surface area contributed by atoms with Crippen molar-refractivity contribution in [2.75, 3.05) is 21.2 Å². The van der Waals surface area contributed by atoms with Crippen molar-refractivity contribution < 1.29 is 4.74 Å². The molecule has 0 fully saturated rings. The monoisotopic (exact) mass is 361 g/mol. The molecule has 2 heterocycles. The summed E-state index contributed by atoms with van der Waals surface area (Å²) in [6.07, 6.45) is 12.3. The zero-order valence-electron chi connectivity index (χ0n) is 15.8. The molecular formula is C21H23N5O. The first kappa shape index (κ1) is 17.3. The van der Waals surface area contributed by atoms with Gasteiger partial charge in [0.1, 0.15) is 11.4 Å². The molecule has 4 rings (SSSR count). The van der Waals surface area contributed by atoms with Crippen LogP contribution < -0.4 is 10.5 Å². The second kappa shape index (κ2) is 6.55. The molecule has 27 heavy (non-hydrogen) atoms. The Labute approximate surface area is 158 Å². The van der Waals surface area contributed by atoms with E-state index in [4.69, 9.17) is 10.5 Å². The number of benzene rings is 1. The maximum absolute atomic E-state index is 6.78. The molecular weight excluding hydrogens is 338 g/mol. The molecule has 6 nitrogen and oxygen atoms in total. The Morgan fingerprint density at radius 1 is 1.26 bits per heavy atom. The Hall–Kier alpha value is -3.12. The van der Waals surface area contributed by atoms with Crippen LogP contribution in [0.3, 0.4) is 0 Å². The van der Waals surface area contributed by atoms with Crippen molar-refractivity contribution in [2.24, 2.45) is 5.73 Å². The fourth-order valence-electron chi connectivity index (χ4n) is 3.46. The van der Waals surface area contributed by atoms with Crippen LogP contribution in [0.15, 0.2) is 66.8 Å². The number of methoxy groups -OCH3 is 1. The van der Waals surface area contributed by atoms with Crippen LogP contribution in [0, 0.1) is 0 Å². The molecule has 0 bridgehead atoms. The number of hydrogen-bond acceptors (Lipinski definition) is 5.